The third kappa shape index (κ3) is 2.55. The largest absolute Gasteiger partial charge is 0.478 e. The predicted molar refractivity (Wildman–Crippen MR) is 74.7 cm³/mol. The summed E-state index contributed by atoms with van der Waals surface area (Å²) in [6.45, 7) is 2.86. The van der Waals surface area contributed by atoms with Crippen LogP contribution in [0, 0.1) is 0 Å². The quantitative estimate of drug-likeness (QED) is 0.896. The van der Waals surface area contributed by atoms with Gasteiger partial charge in [0.15, 0.2) is 0 Å². The maximum atomic E-state index is 11.9. The van der Waals surface area contributed by atoms with Crippen LogP contribution in [0.2, 0.25) is 0 Å². The summed E-state index contributed by atoms with van der Waals surface area (Å²) >= 11 is 0. The van der Waals surface area contributed by atoms with Crippen molar-refractivity contribution in [3.8, 4) is 5.88 Å². The van der Waals surface area contributed by atoms with Crippen LogP contribution in [-0.2, 0) is 4.79 Å². The summed E-state index contributed by atoms with van der Waals surface area (Å²) in [5, 5.41) is 3.10. The van der Waals surface area contributed by atoms with Gasteiger partial charge >= 0.3 is 0 Å². The summed E-state index contributed by atoms with van der Waals surface area (Å²) in [7, 11) is 0. The van der Waals surface area contributed by atoms with E-state index in [0.29, 0.717) is 25.1 Å². The lowest BCUT2D eigenvalue weighted by atomic mass is 9.87. The normalized spacial score (nSPS) is 25.9. The highest BCUT2D eigenvalue weighted by Gasteiger charge is 2.37. The van der Waals surface area contributed by atoms with Gasteiger partial charge in [-0.25, -0.2) is 9.97 Å². The van der Waals surface area contributed by atoms with Gasteiger partial charge in [0.1, 0.15) is 12.1 Å². The molecule has 6 nitrogen and oxygen atoms in total. The van der Waals surface area contributed by atoms with Crippen LogP contribution < -0.4 is 15.0 Å². The lowest BCUT2D eigenvalue weighted by Crippen LogP contribution is -2.62. The van der Waals surface area contributed by atoms with Crippen molar-refractivity contribution in [3.63, 3.8) is 0 Å². The van der Waals surface area contributed by atoms with Gasteiger partial charge < -0.3 is 15.0 Å². The molecule has 1 aromatic heterocycles. The molecule has 2 fully saturated rings. The Balaban J connectivity index is 1.86. The smallest absolute Gasteiger partial charge is 0.239 e. The first-order valence-electron chi connectivity index (χ1n) is 7.29. The lowest BCUT2D eigenvalue weighted by Gasteiger charge is -2.44. The Morgan fingerprint density at radius 2 is 2.25 bits per heavy atom. The van der Waals surface area contributed by atoms with Crippen molar-refractivity contribution in [2.75, 3.05) is 18.1 Å². The molecule has 1 aliphatic heterocycles. The fourth-order valence-corrected chi connectivity index (χ4v) is 3.14. The molecule has 1 aliphatic carbocycles. The van der Waals surface area contributed by atoms with E-state index in [2.05, 4.69) is 20.2 Å². The second-order valence-corrected chi connectivity index (χ2v) is 5.30. The van der Waals surface area contributed by atoms with Gasteiger partial charge in [-0.05, 0) is 19.8 Å². The number of anilines is 1. The zero-order chi connectivity index (χ0) is 13.9. The van der Waals surface area contributed by atoms with Crippen molar-refractivity contribution in [2.24, 2.45) is 0 Å². The first kappa shape index (κ1) is 13.1. The Hall–Kier alpha value is -1.85. The van der Waals surface area contributed by atoms with E-state index in [9.17, 15) is 4.79 Å². The maximum Gasteiger partial charge on any atom is 0.239 e. The number of carbonyl (C=O) groups excluding carboxylic acids is 1. The van der Waals surface area contributed by atoms with Crippen LogP contribution in [0.1, 0.15) is 32.6 Å². The summed E-state index contributed by atoms with van der Waals surface area (Å²) in [6.07, 6.45) is 6.04. The lowest BCUT2D eigenvalue weighted by molar-refractivity contribution is -0.122. The molecule has 2 unspecified atom stereocenters. The standard InChI is InChI=1S/C14H20N4O2/c1-2-20-14-7-12(15-9-16-14)18-8-13(19)17-10-5-3-4-6-11(10)18/h7,9-11H,2-6,8H2,1H3,(H,17,19). The number of ether oxygens (including phenoxy) is 1. The summed E-state index contributed by atoms with van der Waals surface area (Å²) in [4.78, 5) is 22.4. The van der Waals surface area contributed by atoms with E-state index in [-0.39, 0.29) is 11.9 Å². The predicted octanol–water partition coefficient (Wildman–Crippen LogP) is 1.12. The average Bonchev–Trinajstić information content (AvgIpc) is 2.47. The molecule has 3 rings (SSSR count). The molecule has 0 radical (unpaired) electrons. The number of carbonyl (C=O) groups is 1. The number of rotatable bonds is 3. The number of amides is 1. The van der Waals surface area contributed by atoms with Gasteiger partial charge in [-0.1, -0.05) is 12.8 Å². The number of fused-ring (bicyclic) bond motifs is 1. The Morgan fingerprint density at radius 3 is 3.10 bits per heavy atom. The van der Waals surface area contributed by atoms with Gasteiger partial charge in [0, 0.05) is 12.1 Å². The summed E-state index contributed by atoms with van der Waals surface area (Å²) < 4.78 is 5.42. The van der Waals surface area contributed by atoms with Crippen LogP contribution in [0.25, 0.3) is 0 Å². The van der Waals surface area contributed by atoms with E-state index >= 15 is 0 Å². The van der Waals surface area contributed by atoms with E-state index in [1.807, 2.05) is 13.0 Å². The van der Waals surface area contributed by atoms with Gasteiger partial charge in [-0.3, -0.25) is 4.79 Å². The molecule has 1 aromatic rings. The molecule has 0 aromatic carbocycles. The average molecular weight is 276 g/mol. The number of hydrogen-bond donors (Lipinski definition) is 1. The van der Waals surface area contributed by atoms with Gasteiger partial charge in [-0.2, -0.15) is 0 Å². The maximum absolute atomic E-state index is 11.9. The molecule has 0 bridgehead atoms. The van der Waals surface area contributed by atoms with Crippen molar-refractivity contribution >= 4 is 11.7 Å². The summed E-state index contributed by atoms with van der Waals surface area (Å²) in [5.41, 5.74) is 0. The number of hydrogen-bond acceptors (Lipinski definition) is 5. The second-order valence-electron chi connectivity index (χ2n) is 5.30. The minimum absolute atomic E-state index is 0.0738. The molecule has 2 aliphatic rings. The molecule has 1 amide bonds. The van der Waals surface area contributed by atoms with Crippen LogP contribution in [0.3, 0.4) is 0 Å². The van der Waals surface area contributed by atoms with Crippen molar-refractivity contribution in [1.82, 2.24) is 15.3 Å². The first-order chi connectivity index (χ1) is 9.78. The summed E-state index contributed by atoms with van der Waals surface area (Å²) in [6, 6.07) is 2.41. The van der Waals surface area contributed by atoms with Crippen LogP contribution in [0.15, 0.2) is 12.4 Å². The van der Waals surface area contributed by atoms with Gasteiger partial charge in [0.2, 0.25) is 11.8 Å². The molecule has 1 saturated carbocycles. The van der Waals surface area contributed by atoms with Crippen molar-refractivity contribution < 1.29 is 9.53 Å². The minimum Gasteiger partial charge on any atom is -0.478 e. The molecule has 108 valence electrons. The SMILES string of the molecule is CCOc1cc(N2CC(=O)NC3CCCCC32)ncn1. The molecular formula is C14H20N4O2. The Bertz CT molecular complexity index is 494. The van der Waals surface area contributed by atoms with Crippen LogP contribution >= 0.6 is 0 Å². The molecule has 1 saturated heterocycles. The molecule has 20 heavy (non-hydrogen) atoms. The highest BCUT2D eigenvalue weighted by atomic mass is 16.5. The third-order valence-electron chi connectivity index (χ3n) is 4.00. The van der Waals surface area contributed by atoms with E-state index in [1.54, 1.807) is 0 Å². The molecule has 1 N–H and O–H groups in total. The highest BCUT2D eigenvalue weighted by molar-refractivity contribution is 5.83. The Kier molecular flexibility index (Phi) is 3.71. The van der Waals surface area contributed by atoms with E-state index < -0.39 is 0 Å². The third-order valence-corrected chi connectivity index (χ3v) is 4.00. The molecule has 0 spiro atoms. The minimum atomic E-state index is 0.0738. The van der Waals surface area contributed by atoms with Crippen molar-refractivity contribution in [1.29, 1.82) is 0 Å². The summed E-state index contributed by atoms with van der Waals surface area (Å²) in [5.74, 6) is 1.43. The van der Waals surface area contributed by atoms with Crippen LogP contribution in [0.5, 0.6) is 5.88 Å². The van der Waals surface area contributed by atoms with Gasteiger partial charge in [0.05, 0.1) is 19.2 Å². The zero-order valence-corrected chi connectivity index (χ0v) is 11.7. The molecule has 2 heterocycles. The zero-order valence-electron chi connectivity index (χ0n) is 11.7. The van der Waals surface area contributed by atoms with Crippen LogP contribution in [-0.4, -0.2) is 41.1 Å². The van der Waals surface area contributed by atoms with Gasteiger partial charge in [0.25, 0.3) is 0 Å². The number of nitrogens with zero attached hydrogens (tertiary/aromatic N) is 3. The van der Waals surface area contributed by atoms with E-state index in [4.69, 9.17) is 4.74 Å². The van der Waals surface area contributed by atoms with Gasteiger partial charge in [-0.15, -0.1) is 0 Å². The fraction of sp³-hybridized carbons (Fsp3) is 0.643. The Labute approximate surface area is 118 Å². The van der Waals surface area contributed by atoms with Crippen LogP contribution in [0.4, 0.5) is 5.82 Å². The second kappa shape index (κ2) is 5.64. The van der Waals surface area contributed by atoms with Crippen molar-refractivity contribution in [2.45, 2.75) is 44.7 Å². The van der Waals surface area contributed by atoms with E-state index in [0.717, 1.165) is 18.7 Å². The monoisotopic (exact) mass is 276 g/mol. The number of nitrogens with one attached hydrogen (secondary N) is 1. The highest BCUT2D eigenvalue weighted by Crippen LogP contribution is 2.29. The molecule has 2 atom stereocenters. The first-order valence-corrected chi connectivity index (χ1v) is 7.29. The fourth-order valence-electron chi connectivity index (χ4n) is 3.14. The van der Waals surface area contributed by atoms with Crippen molar-refractivity contribution in [3.05, 3.63) is 12.4 Å². The molecular weight excluding hydrogens is 256 g/mol. The molecule has 6 heteroatoms. The Morgan fingerprint density at radius 1 is 1.40 bits per heavy atom. The van der Waals surface area contributed by atoms with E-state index in [1.165, 1.54) is 19.2 Å². The number of aromatic nitrogens is 2. The number of piperazine rings is 1. The topological polar surface area (TPSA) is 67.3 Å².